The average molecular weight is 623 g/mol. The Labute approximate surface area is 219 Å². The first-order valence-electron chi connectivity index (χ1n) is 10.2. The van der Waals surface area contributed by atoms with Crippen molar-refractivity contribution in [2.75, 3.05) is 18.3 Å². The highest BCUT2D eigenvalue weighted by molar-refractivity contribution is 8.77. The number of aromatic nitrogens is 4. The van der Waals surface area contributed by atoms with Crippen LogP contribution < -0.4 is 5.73 Å². The lowest BCUT2D eigenvalue weighted by Gasteiger charge is -2.22. The second-order valence-corrected chi connectivity index (χ2v) is 16.0. The molecule has 2 aromatic rings. The number of rotatable bonds is 13. The maximum Gasteiger partial charge on any atom is 0.490 e. The molecule has 3 unspecified atom stereocenters. The third-order valence-corrected chi connectivity index (χ3v) is 11.1. The third-order valence-electron chi connectivity index (χ3n) is 4.33. The van der Waals surface area contributed by atoms with Gasteiger partial charge in [-0.05, 0) is 4.65 Å². The summed E-state index contributed by atoms with van der Waals surface area (Å²) in [5.41, 5.74) is 6.55. The molecule has 1 saturated heterocycles. The molecule has 0 saturated carbocycles. The molecule has 6 N–H and O–H groups in total. The molecule has 1 aliphatic heterocycles. The Morgan fingerprint density at radius 1 is 1.19 bits per heavy atom. The maximum atomic E-state index is 12.2. The molecule has 208 valence electrons. The number of hydrogen-bond acceptors (Lipinski definition) is 14. The fraction of sp³-hybridized carbons (Fsp3) is 0.643. The summed E-state index contributed by atoms with van der Waals surface area (Å²) < 4.78 is 60.2. The molecule has 23 heteroatoms. The van der Waals surface area contributed by atoms with E-state index in [9.17, 15) is 23.5 Å². The number of nitrogen functional groups attached to an aromatic ring is 1. The van der Waals surface area contributed by atoms with E-state index in [2.05, 4.69) is 23.6 Å². The minimum atomic E-state index is -5.65. The standard InChI is InChI=1S/C14H25BN5O12P3S2/c1-14(2,15)37-36-7-28-8-3-10(20-6-19-11-12(16)17-5-18-13(11)20)30-9(8)4-29-34(24,25)32-35(26,27)31-33(21,22)23/h5-6,8-10H,3-4,7,15H2,1-2H3,(H,24,25)(H,26,27)(H2,16,17,18)(H2,21,22,23)/t8-,9?,10-/m1/s1. The van der Waals surface area contributed by atoms with Gasteiger partial charge in [0.15, 0.2) is 11.5 Å². The van der Waals surface area contributed by atoms with Gasteiger partial charge >= 0.3 is 23.5 Å². The van der Waals surface area contributed by atoms with Crippen molar-refractivity contribution in [1.82, 2.24) is 19.5 Å². The average Bonchev–Trinajstić information content (AvgIpc) is 3.31. The Balaban J connectivity index is 1.71. The fourth-order valence-electron chi connectivity index (χ4n) is 3.06. The molecule has 1 fully saturated rings. The Morgan fingerprint density at radius 3 is 2.54 bits per heavy atom. The lowest BCUT2D eigenvalue weighted by molar-refractivity contribution is -0.0522. The van der Waals surface area contributed by atoms with Gasteiger partial charge in [0.05, 0.1) is 19.0 Å². The highest BCUT2D eigenvalue weighted by Gasteiger charge is 2.43. The number of nitrogens with zero attached hydrogens (tertiary/aromatic N) is 4. The van der Waals surface area contributed by atoms with Gasteiger partial charge in [-0.3, -0.25) is 9.09 Å². The van der Waals surface area contributed by atoms with E-state index >= 15 is 0 Å². The minimum Gasteiger partial charge on any atom is -0.382 e. The molecule has 0 radical (unpaired) electrons. The van der Waals surface area contributed by atoms with Crippen molar-refractivity contribution in [1.29, 1.82) is 0 Å². The summed E-state index contributed by atoms with van der Waals surface area (Å²) in [6, 6.07) is 0. The van der Waals surface area contributed by atoms with Gasteiger partial charge in [0.1, 0.15) is 38.0 Å². The number of hydrogen-bond donors (Lipinski definition) is 5. The zero-order valence-electron chi connectivity index (χ0n) is 19.6. The van der Waals surface area contributed by atoms with E-state index in [0.717, 1.165) is 0 Å². The Bertz CT molecular complexity index is 1240. The summed E-state index contributed by atoms with van der Waals surface area (Å²) in [5, 5.41) is 0. The normalized spacial score (nSPS) is 24.2. The van der Waals surface area contributed by atoms with E-state index < -0.39 is 48.5 Å². The number of phosphoric acid groups is 3. The lowest BCUT2D eigenvalue weighted by Crippen LogP contribution is -2.29. The van der Waals surface area contributed by atoms with Gasteiger partial charge in [-0.1, -0.05) is 35.4 Å². The van der Waals surface area contributed by atoms with Crippen LogP contribution in [0.15, 0.2) is 12.7 Å². The minimum absolute atomic E-state index is 0.0329. The third kappa shape index (κ3) is 9.55. The second-order valence-electron chi connectivity index (χ2n) is 8.47. The number of fused-ring (bicyclic) bond motifs is 1. The number of nitrogens with two attached hydrogens (primary N) is 1. The van der Waals surface area contributed by atoms with E-state index in [4.69, 9.17) is 29.5 Å². The fourth-order valence-corrected chi connectivity index (χ4v) is 8.10. The monoisotopic (exact) mass is 623 g/mol. The summed E-state index contributed by atoms with van der Waals surface area (Å²) in [6.07, 6.45) is 0.562. The van der Waals surface area contributed by atoms with Crippen molar-refractivity contribution in [2.45, 2.75) is 43.4 Å². The zero-order chi connectivity index (χ0) is 27.6. The zero-order valence-corrected chi connectivity index (χ0v) is 23.9. The van der Waals surface area contributed by atoms with Crippen LogP contribution in [0.3, 0.4) is 0 Å². The molecule has 2 aromatic heterocycles. The van der Waals surface area contributed by atoms with Crippen LogP contribution in [0, 0.1) is 0 Å². The summed E-state index contributed by atoms with van der Waals surface area (Å²) in [5.74, 6) is 0.392. The summed E-state index contributed by atoms with van der Waals surface area (Å²) >= 11 is 0. The van der Waals surface area contributed by atoms with E-state index in [1.165, 1.54) is 23.4 Å². The molecule has 0 amide bonds. The predicted molar refractivity (Wildman–Crippen MR) is 136 cm³/mol. The van der Waals surface area contributed by atoms with Gasteiger partial charge in [0.25, 0.3) is 0 Å². The molecule has 0 bridgehead atoms. The van der Waals surface area contributed by atoms with Crippen molar-refractivity contribution in [3.63, 3.8) is 0 Å². The molecule has 1 aliphatic rings. The van der Waals surface area contributed by atoms with Gasteiger partial charge in [0, 0.05) is 6.42 Å². The van der Waals surface area contributed by atoms with Gasteiger partial charge in [-0.2, -0.15) is 8.62 Å². The Morgan fingerprint density at radius 2 is 1.89 bits per heavy atom. The topological polar surface area (TPSA) is 248 Å². The van der Waals surface area contributed by atoms with Gasteiger partial charge < -0.3 is 34.8 Å². The first-order chi connectivity index (χ1) is 16.9. The smallest absolute Gasteiger partial charge is 0.382 e. The van der Waals surface area contributed by atoms with Crippen molar-refractivity contribution in [3.8, 4) is 0 Å². The second kappa shape index (κ2) is 11.9. The van der Waals surface area contributed by atoms with Crippen LogP contribution in [0.4, 0.5) is 5.82 Å². The van der Waals surface area contributed by atoms with Crippen LogP contribution in [0.1, 0.15) is 26.5 Å². The van der Waals surface area contributed by atoms with Crippen molar-refractivity contribution < 1.29 is 55.9 Å². The molecule has 3 rings (SSSR count). The van der Waals surface area contributed by atoms with Crippen LogP contribution in [0.25, 0.3) is 11.2 Å². The molecular formula is C14H25BN5O12P3S2. The van der Waals surface area contributed by atoms with Gasteiger partial charge in [-0.15, -0.1) is 0 Å². The van der Waals surface area contributed by atoms with Gasteiger partial charge in [0.2, 0.25) is 0 Å². The predicted octanol–water partition coefficient (Wildman–Crippen LogP) is 1.13. The molecular weight excluding hydrogens is 598 g/mol. The molecule has 3 heterocycles. The lowest BCUT2D eigenvalue weighted by atomic mass is 9.91. The molecule has 0 aliphatic carbocycles. The molecule has 0 aromatic carbocycles. The van der Waals surface area contributed by atoms with E-state index in [1.54, 1.807) is 15.4 Å². The SMILES string of the molecule is BC(C)(C)SSCO[C@@H]1C[C@H](n2cnc3c(N)ncnc32)OC1COP(=O)(O)OP(=O)(O)OP(=O)(O)O. The van der Waals surface area contributed by atoms with Crippen molar-refractivity contribution in [2.24, 2.45) is 0 Å². The van der Waals surface area contributed by atoms with Gasteiger partial charge in [-0.25, -0.2) is 28.6 Å². The maximum absolute atomic E-state index is 12.2. The largest absolute Gasteiger partial charge is 0.490 e. The molecule has 37 heavy (non-hydrogen) atoms. The number of imidazole rings is 1. The molecule has 0 spiro atoms. The summed E-state index contributed by atoms with van der Waals surface area (Å²) in [4.78, 5) is 48.7. The number of anilines is 1. The Kier molecular flexibility index (Phi) is 9.96. The molecule has 17 nitrogen and oxygen atoms in total. The highest BCUT2D eigenvalue weighted by Crippen LogP contribution is 2.66. The van der Waals surface area contributed by atoms with Crippen LogP contribution >= 0.6 is 45.1 Å². The van der Waals surface area contributed by atoms with Crippen molar-refractivity contribution >= 4 is 69.9 Å². The van der Waals surface area contributed by atoms with E-state index in [1.807, 2.05) is 21.7 Å². The summed E-state index contributed by atoms with van der Waals surface area (Å²) in [6.45, 7) is 3.40. The van der Waals surface area contributed by atoms with Crippen LogP contribution in [-0.4, -0.2) is 76.3 Å². The first kappa shape index (κ1) is 31.0. The molecule has 5 atom stereocenters. The Hall–Kier alpha value is -0.555. The van der Waals surface area contributed by atoms with Crippen molar-refractivity contribution in [3.05, 3.63) is 12.7 Å². The highest BCUT2D eigenvalue weighted by atomic mass is 33.1. The van der Waals surface area contributed by atoms with Crippen LogP contribution in [0.2, 0.25) is 0 Å². The number of ether oxygens (including phenoxy) is 2. The van der Waals surface area contributed by atoms with E-state index in [0.29, 0.717) is 11.2 Å². The first-order valence-corrected chi connectivity index (χ1v) is 17.1. The quantitative estimate of drug-likeness (QED) is 0.0689. The van der Waals surface area contributed by atoms with Crippen LogP contribution in [0.5, 0.6) is 0 Å². The van der Waals surface area contributed by atoms with Crippen LogP contribution in [-0.2, 0) is 36.3 Å². The summed E-state index contributed by atoms with van der Waals surface area (Å²) in [7, 11) is -11.5. The number of phosphoric ester groups is 1. The van der Waals surface area contributed by atoms with E-state index in [-0.39, 0.29) is 22.8 Å².